The van der Waals surface area contributed by atoms with Gasteiger partial charge in [-0.05, 0) is 50.2 Å². The zero-order chi connectivity index (χ0) is 14.7. The maximum atomic E-state index is 12.3. The van der Waals surface area contributed by atoms with E-state index in [9.17, 15) is 4.79 Å². The van der Waals surface area contributed by atoms with E-state index in [1.807, 2.05) is 6.92 Å². The Bertz CT molecular complexity index is 479. The maximum absolute atomic E-state index is 12.3. The molecule has 0 aliphatic heterocycles. The number of nitrogens with zero attached hydrogens (tertiary/aromatic N) is 1. The van der Waals surface area contributed by atoms with Crippen molar-refractivity contribution in [3.8, 4) is 0 Å². The number of nitrogen functional groups attached to an aromatic ring is 1. The Labute approximate surface area is 120 Å². The molecule has 1 aromatic heterocycles. The van der Waals surface area contributed by atoms with E-state index in [2.05, 4.69) is 29.6 Å². The quantitative estimate of drug-likeness (QED) is 0.584. The first kappa shape index (κ1) is 14.8. The Morgan fingerprint density at radius 2 is 1.90 bits per heavy atom. The number of amides is 1. The molecule has 0 radical (unpaired) electrons. The van der Waals surface area contributed by atoms with Gasteiger partial charge < -0.3 is 10.7 Å². The first-order valence-corrected chi connectivity index (χ1v) is 7.24. The number of rotatable bonds is 3. The molecule has 4 N–H and O–H groups in total. The lowest BCUT2D eigenvalue weighted by Gasteiger charge is -2.32. The van der Waals surface area contributed by atoms with E-state index in [1.54, 1.807) is 12.1 Å². The van der Waals surface area contributed by atoms with Gasteiger partial charge in [-0.2, -0.15) is 0 Å². The van der Waals surface area contributed by atoms with Crippen LogP contribution in [0.4, 0.5) is 5.82 Å². The number of hydrogen-bond donors (Lipinski definition) is 3. The van der Waals surface area contributed by atoms with Gasteiger partial charge in [-0.3, -0.25) is 4.79 Å². The van der Waals surface area contributed by atoms with Crippen molar-refractivity contribution >= 4 is 11.7 Å². The Morgan fingerprint density at radius 1 is 1.25 bits per heavy atom. The predicted molar refractivity (Wildman–Crippen MR) is 80.2 cm³/mol. The molecule has 2 rings (SSSR count). The van der Waals surface area contributed by atoms with Crippen molar-refractivity contribution in [1.82, 2.24) is 10.3 Å². The molecule has 1 amide bonds. The number of carbonyl (C=O) groups is 1. The molecule has 1 aliphatic carbocycles. The van der Waals surface area contributed by atoms with E-state index in [4.69, 9.17) is 5.84 Å². The summed E-state index contributed by atoms with van der Waals surface area (Å²) in [6, 6.07) is 3.73. The Hall–Kier alpha value is -1.62. The molecule has 1 aromatic rings. The van der Waals surface area contributed by atoms with Crippen molar-refractivity contribution in [3.63, 3.8) is 0 Å². The van der Waals surface area contributed by atoms with Crippen LogP contribution in [0.1, 0.15) is 49.2 Å². The van der Waals surface area contributed by atoms with Crippen molar-refractivity contribution in [2.24, 2.45) is 17.7 Å². The Kier molecular flexibility index (Phi) is 4.60. The highest BCUT2D eigenvalue weighted by Crippen LogP contribution is 2.28. The molecule has 1 saturated carbocycles. The smallest absolute Gasteiger partial charge is 0.251 e. The molecule has 2 atom stereocenters. The van der Waals surface area contributed by atoms with Crippen molar-refractivity contribution in [1.29, 1.82) is 0 Å². The summed E-state index contributed by atoms with van der Waals surface area (Å²) in [4.78, 5) is 16.5. The number of carbonyl (C=O) groups excluding carboxylic acids is 1. The summed E-state index contributed by atoms with van der Waals surface area (Å²) in [5.74, 6) is 7.18. The van der Waals surface area contributed by atoms with E-state index >= 15 is 0 Å². The molecule has 2 unspecified atom stereocenters. The summed E-state index contributed by atoms with van der Waals surface area (Å²) in [7, 11) is 0. The highest BCUT2D eigenvalue weighted by atomic mass is 16.1. The zero-order valence-electron chi connectivity index (χ0n) is 12.4. The van der Waals surface area contributed by atoms with Gasteiger partial charge in [0.2, 0.25) is 0 Å². The van der Waals surface area contributed by atoms with Gasteiger partial charge in [0.25, 0.3) is 5.91 Å². The van der Waals surface area contributed by atoms with Gasteiger partial charge in [-0.1, -0.05) is 13.8 Å². The maximum Gasteiger partial charge on any atom is 0.251 e. The van der Waals surface area contributed by atoms with Crippen molar-refractivity contribution in [2.75, 3.05) is 5.43 Å². The molecule has 0 saturated heterocycles. The van der Waals surface area contributed by atoms with Crippen molar-refractivity contribution in [3.05, 3.63) is 23.4 Å². The second-order valence-corrected chi connectivity index (χ2v) is 6.11. The van der Waals surface area contributed by atoms with Crippen LogP contribution in [0.2, 0.25) is 0 Å². The molecule has 1 heterocycles. The second-order valence-electron chi connectivity index (χ2n) is 6.11. The van der Waals surface area contributed by atoms with Gasteiger partial charge in [0.05, 0.1) is 0 Å². The van der Waals surface area contributed by atoms with Gasteiger partial charge in [-0.15, -0.1) is 0 Å². The number of hydrogen-bond acceptors (Lipinski definition) is 4. The summed E-state index contributed by atoms with van der Waals surface area (Å²) >= 11 is 0. The predicted octanol–water partition coefficient (Wildman–Crippen LogP) is 2.23. The van der Waals surface area contributed by atoms with Gasteiger partial charge in [0.15, 0.2) is 0 Å². The lowest BCUT2D eigenvalue weighted by atomic mass is 9.80. The van der Waals surface area contributed by atoms with Crippen LogP contribution in [0, 0.1) is 18.8 Å². The summed E-state index contributed by atoms with van der Waals surface area (Å²) in [5, 5.41) is 3.14. The summed E-state index contributed by atoms with van der Waals surface area (Å²) in [6.45, 7) is 6.35. The van der Waals surface area contributed by atoms with E-state index < -0.39 is 0 Å². The van der Waals surface area contributed by atoms with Gasteiger partial charge in [0.1, 0.15) is 5.82 Å². The summed E-state index contributed by atoms with van der Waals surface area (Å²) < 4.78 is 0. The van der Waals surface area contributed by atoms with Gasteiger partial charge >= 0.3 is 0 Å². The fraction of sp³-hybridized carbons (Fsp3) is 0.600. The second kappa shape index (κ2) is 6.22. The molecule has 110 valence electrons. The van der Waals surface area contributed by atoms with Crippen LogP contribution in [0.15, 0.2) is 12.1 Å². The molecular weight excluding hydrogens is 252 g/mol. The summed E-state index contributed by atoms with van der Waals surface area (Å²) in [5.41, 5.74) is 3.87. The first-order chi connectivity index (χ1) is 9.47. The molecule has 0 bridgehead atoms. The molecule has 1 fully saturated rings. The van der Waals surface area contributed by atoms with Crippen LogP contribution in [0.5, 0.6) is 0 Å². The monoisotopic (exact) mass is 276 g/mol. The largest absolute Gasteiger partial charge is 0.349 e. The Balaban J connectivity index is 2.06. The third-order valence-corrected chi connectivity index (χ3v) is 3.88. The minimum atomic E-state index is -0.0432. The fourth-order valence-electron chi connectivity index (χ4n) is 3.21. The fourth-order valence-corrected chi connectivity index (χ4v) is 3.21. The van der Waals surface area contributed by atoms with Gasteiger partial charge in [-0.25, -0.2) is 10.8 Å². The number of hydrazine groups is 1. The van der Waals surface area contributed by atoms with E-state index in [-0.39, 0.29) is 11.9 Å². The number of aryl methyl sites for hydroxylation is 1. The standard InChI is InChI=1S/C15H24N4O/c1-9-4-10(2)6-13(5-9)18-15(20)12-7-11(3)17-14(8-12)19-16/h7-10,13H,4-6,16H2,1-3H3,(H,17,19)(H,18,20). The first-order valence-electron chi connectivity index (χ1n) is 7.24. The minimum absolute atomic E-state index is 0.0432. The summed E-state index contributed by atoms with van der Waals surface area (Å²) in [6.07, 6.45) is 3.37. The molecule has 0 spiro atoms. The van der Waals surface area contributed by atoms with Crippen LogP contribution in [-0.4, -0.2) is 16.9 Å². The number of anilines is 1. The third-order valence-electron chi connectivity index (χ3n) is 3.88. The number of nitrogens with one attached hydrogen (secondary N) is 2. The molecule has 5 heteroatoms. The molecule has 0 aromatic carbocycles. The van der Waals surface area contributed by atoms with Crippen LogP contribution in [0.3, 0.4) is 0 Å². The average molecular weight is 276 g/mol. The third kappa shape index (κ3) is 3.70. The normalized spacial score (nSPS) is 26.1. The lowest BCUT2D eigenvalue weighted by Crippen LogP contribution is -2.40. The van der Waals surface area contributed by atoms with Crippen LogP contribution < -0.4 is 16.6 Å². The Morgan fingerprint density at radius 3 is 2.50 bits per heavy atom. The SMILES string of the molecule is Cc1cc(C(=O)NC2CC(C)CC(C)C2)cc(NN)n1. The van der Waals surface area contributed by atoms with Crippen LogP contribution in [0.25, 0.3) is 0 Å². The number of aromatic nitrogens is 1. The average Bonchev–Trinajstić information content (AvgIpc) is 2.36. The highest BCUT2D eigenvalue weighted by molar-refractivity contribution is 5.95. The number of pyridine rings is 1. The van der Waals surface area contributed by atoms with E-state index in [0.717, 1.165) is 18.5 Å². The zero-order valence-corrected chi connectivity index (χ0v) is 12.4. The lowest BCUT2D eigenvalue weighted by molar-refractivity contribution is 0.0911. The van der Waals surface area contributed by atoms with Crippen molar-refractivity contribution < 1.29 is 4.79 Å². The molecule has 5 nitrogen and oxygen atoms in total. The van der Waals surface area contributed by atoms with Crippen molar-refractivity contribution in [2.45, 2.75) is 46.1 Å². The molecule has 20 heavy (non-hydrogen) atoms. The van der Waals surface area contributed by atoms with E-state index in [1.165, 1.54) is 6.42 Å². The highest BCUT2D eigenvalue weighted by Gasteiger charge is 2.25. The topological polar surface area (TPSA) is 80.0 Å². The van der Waals surface area contributed by atoms with Gasteiger partial charge in [0, 0.05) is 17.3 Å². The van der Waals surface area contributed by atoms with Crippen LogP contribution in [-0.2, 0) is 0 Å². The molecule has 1 aliphatic rings. The number of nitrogens with two attached hydrogens (primary N) is 1. The molecular formula is C15H24N4O. The van der Waals surface area contributed by atoms with Crippen LogP contribution >= 0.6 is 0 Å². The minimum Gasteiger partial charge on any atom is -0.349 e. The van der Waals surface area contributed by atoms with E-state index in [0.29, 0.717) is 23.2 Å².